The Morgan fingerprint density at radius 1 is 1.04 bits per heavy atom. The Morgan fingerprint density at radius 3 is 2.27 bits per heavy atom. The SMILES string of the molecule is CC(=O)O[C@H](C[C@H](C(C)C)N(C)C(=O)[C@@H](NC(=O)[C@H]1CCCCN1C)C(C)C)c1nc(C(=O)N[C@@H](Cc2ccc(F)cc2)C[C@H](C)C(=O)O)cs1. The van der Waals surface area contributed by atoms with Gasteiger partial charge in [-0.1, -0.05) is 53.2 Å². The van der Waals surface area contributed by atoms with E-state index in [1.807, 2.05) is 39.6 Å². The number of esters is 1. The van der Waals surface area contributed by atoms with Crippen LogP contribution in [-0.4, -0.2) is 94.4 Å². The second-order valence-electron chi connectivity index (χ2n) is 14.4. The van der Waals surface area contributed by atoms with Gasteiger partial charge in [0.2, 0.25) is 11.8 Å². The number of halogens is 1. The van der Waals surface area contributed by atoms with Crippen LogP contribution in [0.15, 0.2) is 29.6 Å². The number of hydrogen-bond donors (Lipinski definition) is 3. The van der Waals surface area contributed by atoms with E-state index in [9.17, 15) is 33.5 Å². The minimum absolute atomic E-state index is 0.0695. The van der Waals surface area contributed by atoms with E-state index >= 15 is 0 Å². The highest BCUT2D eigenvalue weighted by Crippen LogP contribution is 2.31. The van der Waals surface area contributed by atoms with Gasteiger partial charge in [-0.2, -0.15) is 0 Å². The molecule has 1 aliphatic rings. The predicted molar refractivity (Wildman–Crippen MR) is 192 cm³/mol. The number of nitrogens with one attached hydrogen (secondary N) is 2. The summed E-state index contributed by atoms with van der Waals surface area (Å²) >= 11 is 1.14. The van der Waals surface area contributed by atoms with Crippen LogP contribution >= 0.6 is 11.3 Å². The number of aromatic nitrogens is 1. The highest BCUT2D eigenvalue weighted by atomic mass is 32.1. The van der Waals surface area contributed by atoms with Gasteiger partial charge in [0, 0.05) is 37.9 Å². The molecule has 1 fully saturated rings. The van der Waals surface area contributed by atoms with Gasteiger partial charge in [-0.3, -0.25) is 28.9 Å². The van der Waals surface area contributed by atoms with Gasteiger partial charge < -0.3 is 25.4 Å². The van der Waals surface area contributed by atoms with Gasteiger partial charge in [-0.15, -0.1) is 11.3 Å². The van der Waals surface area contributed by atoms with E-state index in [0.29, 0.717) is 5.01 Å². The Morgan fingerprint density at radius 2 is 1.71 bits per heavy atom. The summed E-state index contributed by atoms with van der Waals surface area (Å²) in [7, 11) is 3.61. The zero-order valence-corrected chi connectivity index (χ0v) is 31.8. The normalized spacial score (nSPS) is 18.0. The van der Waals surface area contributed by atoms with Crippen LogP contribution in [0.4, 0.5) is 4.39 Å². The highest BCUT2D eigenvalue weighted by molar-refractivity contribution is 7.09. The van der Waals surface area contributed by atoms with Crippen LogP contribution in [0.25, 0.3) is 0 Å². The molecule has 282 valence electrons. The van der Waals surface area contributed by atoms with E-state index in [-0.39, 0.29) is 54.6 Å². The highest BCUT2D eigenvalue weighted by Gasteiger charge is 2.37. The number of likely N-dealkylation sites (tertiary alicyclic amines) is 1. The lowest BCUT2D eigenvalue weighted by molar-refractivity contribution is -0.149. The molecule has 6 atom stereocenters. The Bertz CT molecular complexity index is 1500. The summed E-state index contributed by atoms with van der Waals surface area (Å²) in [5.41, 5.74) is 0.798. The molecule has 12 nitrogen and oxygen atoms in total. The van der Waals surface area contributed by atoms with E-state index in [2.05, 4.69) is 15.6 Å². The first-order valence-corrected chi connectivity index (χ1v) is 18.5. The van der Waals surface area contributed by atoms with Crippen LogP contribution in [0.2, 0.25) is 0 Å². The minimum atomic E-state index is -1.00. The number of ether oxygens (including phenoxy) is 1. The number of carboxylic acid groups (broad SMARTS) is 1. The number of likely N-dealkylation sites (N-methyl/N-ethyl adjacent to an activating group) is 2. The van der Waals surface area contributed by atoms with Crippen LogP contribution in [0.1, 0.15) is 101 Å². The van der Waals surface area contributed by atoms with Crippen molar-refractivity contribution in [3.8, 4) is 0 Å². The maximum Gasteiger partial charge on any atom is 0.306 e. The number of aliphatic carboxylic acids is 1. The molecule has 3 amide bonds. The molecule has 1 aliphatic heterocycles. The number of piperidine rings is 1. The van der Waals surface area contributed by atoms with E-state index in [4.69, 9.17) is 4.74 Å². The van der Waals surface area contributed by atoms with Crippen LogP contribution in [-0.2, 0) is 30.3 Å². The molecule has 14 heteroatoms. The van der Waals surface area contributed by atoms with Crippen LogP contribution in [0, 0.1) is 23.6 Å². The number of amides is 3. The zero-order chi connectivity index (χ0) is 38.0. The van der Waals surface area contributed by atoms with Crippen molar-refractivity contribution in [1.82, 2.24) is 25.4 Å². The Balaban J connectivity index is 1.80. The average molecular weight is 732 g/mol. The van der Waals surface area contributed by atoms with Gasteiger partial charge in [0.1, 0.15) is 22.6 Å². The smallest absolute Gasteiger partial charge is 0.306 e. The summed E-state index contributed by atoms with van der Waals surface area (Å²) in [5.74, 6) is -3.91. The molecule has 1 aromatic carbocycles. The van der Waals surface area contributed by atoms with E-state index in [1.54, 1.807) is 36.4 Å². The van der Waals surface area contributed by atoms with Crippen molar-refractivity contribution in [2.45, 2.75) is 110 Å². The summed E-state index contributed by atoms with van der Waals surface area (Å²) in [4.78, 5) is 72.8. The molecule has 3 rings (SSSR count). The molecule has 51 heavy (non-hydrogen) atoms. The van der Waals surface area contributed by atoms with Crippen LogP contribution < -0.4 is 10.6 Å². The molecule has 0 aliphatic carbocycles. The second-order valence-corrected chi connectivity index (χ2v) is 15.3. The third kappa shape index (κ3) is 12.1. The van der Waals surface area contributed by atoms with Crippen molar-refractivity contribution in [3.05, 3.63) is 51.7 Å². The van der Waals surface area contributed by atoms with Crippen LogP contribution in [0.5, 0.6) is 0 Å². The summed E-state index contributed by atoms with van der Waals surface area (Å²) in [6.45, 7) is 11.4. The summed E-state index contributed by atoms with van der Waals surface area (Å²) in [6, 6.07) is 3.74. The van der Waals surface area contributed by atoms with Gasteiger partial charge in [-0.25, -0.2) is 9.37 Å². The number of hydrogen-bond acceptors (Lipinski definition) is 9. The largest absolute Gasteiger partial charge is 0.481 e. The minimum Gasteiger partial charge on any atom is -0.481 e. The maximum absolute atomic E-state index is 14.0. The van der Waals surface area contributed by atoms with Gasteiger partial charge in [0.05, 0.1) is 12.0 Å². The molecular formula is C37H54FN5O7S. The number of benzene rings is 1. The van der Waals surface area contributed by atoms with Crippen molar-refractivity contribution in [2.24, 2.45) is 17.8 Å². The number of nitrogens with zero attached hydrogens (tertiary/aromatic N) is 3. The lowest BCUT2D eigenvalue weighted by atomic mass is 9.94. The molecule has 2 heterocycles. The number of carboxylic acids is 1. The number of carbonyl (C=O) groups is 5. The Kier molecular flexibility index (Phi) is 15.5. The fourth-order valence-corrected chi connectivity index (χ4v) is 7.31. The first kappa shape index (κ1) is 41.5. The summed E-state index contributed by atoms with van der Waals surface area (Å²) < 4.78 is 19.2. The standard InChI is InChI=1S/C37H54FN5O7S/c1-21(2)30(43(8)36(47)32(22(3)4)41-34(46)29-11-9-10-16-42(29)7)19-31(50-24(6)44)35-40-28(20-51-35)33(45)39-27(17-23(5)37(48)49)18-25-12-14-26(38)15-13-25/h12-15,20-23,27,29-32H,9-11,16-19H2,1-8H3,(H,39,45)(H,41,46)(H,48,49)/t23-,27+,29+,30+,31+,32-/m0/s1. The van der Waals surface area contributed by atoms with Crippen molar-refractivity contribution in [1.29, 1.82) is 0 Å². The molecule has 0 saturated carbocycles. The van der Waals surface area contributed by atoms with Crippen molar-refractivity contribution in [2.75, 3.05) is 20.6 Å². The Labute approximate surface area is 304 Å². The van der Waals surface area contributed by atoms with E-state index in [0.717, 1.165) is 42.7 Å². The number of carbonyl (C=O) groups excluding carboxylic acids is 4. The first-order chi connectivity index (χ1) is 24.0. The van der Waals surface area contributed by atoms with Crippen molar-refractivity contribution < 1.29 is 38.2 Å². The number of thiazole rings is 1. The van der Waals surface area contributed by atoms with Gasteiger partial charge in [0.25, 0.3) is 5.91 Å². The summed E-state index contributed by atoms with van der Waals surface area (Å²) in [5, 5.41) is 17.3. The van der Waals surface area contributed by atoms with E-state index in [1.165, 1.54) is 19.1 Å². The quantitative estimate of drug-likeness (QED) is 0.194. The third-order valence-corrected chi connectivity index (χ3v) is 10.4. The lowest BCUT2D eigenvalue weighted by Crippen LogP contribution is -2.57. The fraction of sp³-hybridized carbons (Fsp3) is 0.622. The zero-order valence-electron chi connectivity index (χ0n) is 31.0. The molecule has 3 N–H and O–H groups in total. The monoisotopic (exact) mass is 731 g/mol. The van der Waals surface area contributed by atoms with Crippen molar-refractivity contribution >= 4 is 41.0 Å². The average Bonchev–Trinajstić information content (AvgIpc) is 3.56. The molecule has 2 aromatic rings. The van der Waals surface area contributed by atoms with Gasteiger partial charge >= 0.3 is 11.9 Å². The van der Waals surface area contributed by atoms with Crippen LogP contribution in [0.3, 0.4) is 0 Å². The fourth-order valence-electron chi connectivity index (χ4n) is 6.47. The lowest BCUT2D eigenvalue weighted by Gasteiger charge is -2.37. The molecule has 0 spiro atoms. The van der Waals surface area contributed by atoms with Gasteiger partial charge in [0.15, 0.2) is 6.10 Å². The topological polar surface area (TPSA) is 158 Å². The molecule has 0 bridgehead atoms. The number of rotatable bonds is 17. The first-order valence-electron chi connectivity index (χ1n) is 17.7. The molecule has 0 unspecified atom stereocenters. The van der Waals surface area contributed by atoms with Crippen molar-refractivity contribution in [3.63, 3.8) is 0 Å². The third-order valence-electron chi connectivity index (χ3n) is 9.50. The molecule has 0 radical (unpaired) electrons. The second kappa shape index (κ2) is 19.1. The summed E-state index contributed by atoms with van der Waals surface area (Å²) in [6.07, 6.45) is 2.46. The molecule has 1 aromatic heterocycles. The predicted octanol–water partition coefficient (Wildman–Crippen LogP) is 4.84. The molecular weight excluding hydrogens is 678 g/mol. The molecule has 1 saturated heterocycles. The maximum atomic E-state index is 14.0. The van der Waals surface area contributed by atoms with E-state index < -0.39 is 53.8 Å². The van der Waals surface area contributed by atoms with Gasteiger partial charge in [-0.05, 0) is 68.8 Å². The Hall–Kier alpha value is -3.91.